The Kier molecular flexibility index (Phi) is 4.05. The van der Waals surface area contributed by atoms with Gasteiger partial charge in [0.1, 0.15) is 5.75 Å². The zero-order chi connectivity index (χ0) is 13.3. The van der Waals surface area contributed by atoms with E-state index in [0.717, 1.165) is 18.2 Å². The first-order valence-electron chi connectivity index (χ1n) is 4.11. The van der Waals surface area contributed by atoms with Crippen LogP contribution in [0.3, 0.4) is 0 Å². The summed E-state index contributed by atoms with van der Waals surface area (Å²) in [5, 5.41) is 4.85. The molecule has 0 saturated carbocycles. The predicted octanol–water partition coefficient (Wildman–Crippen LogP) is 2.04. The van der Waals surface area contributed by atoms with Crippen LogP contribution in [0.5, 0.6) is 5.75 Å². The van der Waals surface area contributed by atoms with Crippen LogP contribution in [0.25, 0.3) is 0 Å². The second-order valence-electron chi connectivity index (χ2n) is 3.04. The molecule has 9 heteroatoms. The molecule has 0 bridgehead atoms. The number of ether oxygens (including phenoxy) is 1. The molecule has 0 aliphatic carbocycles. The van der Waals surface area contributed by atoms with Gasteiger partial charge < -0.3 is 4.74 Å². The quantitative estimate of drug-likeness (QED) is 0.920. The molecule has 0 fully saturated rings. The van der Waals surface area contributed by atoms with Gasteiger partial charge in [-0.25, -0.2) is 13.6 Å². The van der Waals surface area contributed by atoms with Crippen molar-refractivity contribution in [3.05, 3.63) is 22.7 Å². The lowest BCUT2D eigenvalue weighted by Crippen LogP contribution is -2.19. The zero-order valence-electron chi connectivity index (χ0n) is 8.16. The van der Waals surface area contributed by atoms with Crippen molar-refractivity contribution in [2.45, 2.75) is 11.1 Å². The fourth-order valence-corrected chi connectivity index (χ4v) is 2.12. The molecule has 0 radical (unpaired) electrons. The summed E-state index contributed by atoms with van der Waals surface area (Å²) < 4.78 is 62.1. The molecule has 0 aliphatic heterocycles. The van der Waals surface area contributed by atoms with E-state index in [1.807, 2.05) is 0 Å². The number of benzene rings is 1. The third-order valence-electron chi connectivity index (χ3n) is 1.62. The van der Waals surface area contributed by atoms with Crippen LogP contribution in [0, 0.1) is 0 Å². The number of rotatable bonds is 3. The van der Waals surface area contributed by atoms with Gasteiger partial charge in [0.25, 0.3) is 0 Å². The molecule has 0 aliphatic rings. The number of hydrogen-bond acceptors (Lipinski definition) is 3. The number of nitrogens with two attached hydrogens (primary N) is 1. The molecule has 1 aromatic rings. The van der Waals surface area contributed by atoms with Gasteiger partial charge in [-0.05, 0) is 34.1 Å². The van der Waals surface area contributed by atoms with Crippen molar-refractivity contribution in [3.63, 3.8) is 0 Å². The van der Waals surface area contributed by atoms with Gasteiger partial charge in [-0.15, -0.1) is 0 Å². The molecule has 0 unspecified atom stereocenters. The molecule has 0 amide bonds. The van der Waals surface area contributed by atoms with E-state index in [2.05, 4.69) is 20.7 Å². The van der Waals surface area contributed by atoms with Gasteiger partial charge in [-0.2, -0.15) is 13.2 Å². The molecule has 0 saturated heterocycles. The van der Waals surface area contributed by atoms with Gasteiger partial charge in [-0.3, -0.25) is 0 Å². The SMILES string of the molecule is NS(=O)(=O)c1ccc(OCC(F)(F)F)c(Br)c1. The van der Waals surface area contributed by atoms with E-state index >= 15 is 0 Å². The molecule has 17 heavy (non-hydrogen) atoms. The monoisotopic (exact) mass is 333 g/mol. The molecule has 1 rings (SSSR count). The lowest BCUT2D eigenvalue weighted by molar-refractivity contribution is -0.153. The third-order valence-corrected chi connectivity index (χ3v) is 3.15. The Morgan fingerprint density at radius 1 is 1.35 bits per heavy atom. The number of sulfonamides is 1. The van der Waals surface area contributed by atoms with Crippen molar-refractivity contribution in [1.82, 2.24) is 0 Å². The van der Waals surface area contributed by atoms with Crippen molar-refractivity contribution >= 4 is 26.0 Å². The molecule has 2 N–H and O–H groups in total. The van der Waals surface area contributed by atoms with Crippen LogP contribution in [-0.2, 0) is 10.0 Å². The van der Waals surface area contributed by atoms with E-state index in [9.17, 15) is 21.6 Å². The Balaban J connectivity index is 2.92. The number of primary sulfonamides is 1. The van der Waals surface area contributed by atoms with Crippen LogP contribution in [0.1, 0.15) is 0 Å². The molecular weight excluding hydrogens is 327 g/mol. The van der Waals surface area contributed by atoms with Crippen molar-refractivity contribution in [2.75, 3.05) is 6.61 Å². The summed E-state index contributed by atoms with van der Waals surface area (Å²) >= 11 is 2.89. The standard InChI is InChI=1S/C8H7BrF3NO3S/c9-6-3-5(17(13,14)15)1-2-7(6)16-4-8(10,11)12/h1-3H,4H2,(H2,13,14,15). The Labute approximate surface area is 104 Å². The maximum Gasteiger partial charge on any atom is 0.422 e. The molecule has 0 aromatic heterocycles. The van der Waals surface area contributed by atoms with Crippen LogP contribution in [0.2, 0.25) is 0 Å². The number of hydrogen-bond donors (Lipinski definition) is 1. The van der Waals surface area contributed by atoms with Crippen LogP contribution in [0.15, 0.2) is 27.6 Å². The smallest absolute Gasteiger partial charge is 0.422 e. The average molecular weight is 334 g/mol. The maximum absolute atomic E-state index is 11.9. The molecule has 1 aromatic carbocycles. The summed E-state index contributed by atoms with van der Waals surface area (Å²) in [6, 6.07) is 3.22. The summed E-state index contributed by atoms with van der Waals surface area (Å²) in [6.45, 7) is -1.46. The van der Waals surface area contributed by atoms with E-state index in [-0.39, 0.29) is 15.1 Å². The van der Waals surface area contributed by atoms with Gasteiger partial charge in [0.2, 0.25) is 10.0 Å². The molecular formula is C8H7BrF3NO3S. The van der Waals surface area contributed by atoms with Crippen molar-refractivity contribution in [1.29, 1.82) is 0 Å². The van der Waals surface area contributed by atoms with E-state index in [4.69, 9.17) is 5.14 Å². The second kappa shape index (κ2) is 4.83. The van der Waals surface area contributed by atoms with Crippen LogP contribution < -0.4 is 9.88 Å². The molecule has 4 nitrogen and oxygen atoms in total. The van der Waals surface area contributed by atoms with Crippen molar-refractivity contribution < 1.29 is 26.3 Å². The Bertz CT molecular complexity index is 515. The zero-order valence-corrected chi connectivity index (χ0v) is 10.6. The highest BCUT2D eigenvalue weighted by atomic mass is 79.9. The van der Waals surface area contributed by atoms with Gasteiger partial charge >= 0.3 is 6.18 Å². The number of halogens is 4. The maximum atomic E-state index is 11.9. The molecule has 0 heterocycles. The lowest BCUT2D eigenvalue weighted by Gasteiger charge is -2.11. The Morgan fingerprint density at radius 2 is 1.94 bits per heavy atom. The summed E-state index contributed by atoms with van der Waals surface area (Å²) in [7, 11) is -3.89. The van der Waals surface area contributed by atoms with Crippen molar-refractivity contribution in [2.24, 2.45) is 5.14 Å². The average Bonchev–Trinajstić information content (AvgIpc) is 2.12. The first-order chi connectivity index (χ1) is 7.59. The minimum Gasteiger partial charge on any atom is -0.483 e. The van der Waals surface area contributed by atoms with E-state index < -0.39 is 22.8 Å². The van der Waals surface area contributed by atoms with Gasteiger partial charge in [0.15, 0.2) is 6.61 Å². The highest BCUT2D eigenvalue weighted by Crippen LogP contribution is 2.28. The highest BCUT2D eigenvalue weighted by molar-refractivity contribution is 9.10. The fourth-order valence-electron chi connectivity index (χ4n) is 0.935. The predicted molar refractivity (Wildman–Crippen MR) is 57.1 cm³/mol. The third kappa shape index (κ3) is 4.52. The van der Waals surface area contributed by atoms with Crippen LogP contribution >= 0.6 is 15.9 Å². The lowest BCUT2D eigenvalue weighted by atomic mass is 10.3. The Hall–Kier alpha value is -0.800. The summed E-state index contributed by atoms with van der Waals surface area (Å²) in [5.74, 6) is -0.116. The van der Waals surface area contributed by atoms with Gasteiger partial charge in [-0.1, -0.05) is 0 Å². The van der Waals surface area contributed by atoms with E-state index in [1.165, 1.54) is 0 Å². The summed E-state index contributed by atoms with van der Waals surface area (Å²) in [6.07, 6.45) is -4.46. The minimum absolute atomic E-state index is 0.0771. The van der Waals surface area contributed by atoms with E-state index in [1.54, 1.807) is 0 Å². The number of alkyl halides is 3. The van der Waals surface area contributed by atoms with Gasteiger partial charge in [0.05, 0.1) is 9.37 Å². The van der Waals surface area contributed by atoms with Crippen LogP contribution in [-0.4, -0.2) is 21.2 Å². The van der Waals surface area contributed by atoms with Gasteiger partial charge in [0, 0.05) is 0 Å². The molecule has 0 spiro atoms. The molecule has 0 atom stereocenters. The summed E-state index contributed by atoms with van der Waals surface area (Å²) in [4.78, 5) is -0.219. The first-order valence-corrected chi connectivity index (χ1v) is 6.45. The Morgan fingerprint density at radius 3 is 2.35 bits per heavy atom. The minimum atomic E-state index is -4.46. The van der Waals surface area contributed by atoms with E-state index in [0.29, 0.717) is 0 Å². The molecule has 96 valence electrons. The van der Waals surface area contributed by atoms with Crippen LogP contribution in [0.4, 0.5) is 13.2 Å². The normalized spacial score (nSPS) is 12.5. The summed E-state index contributed by atoms with van der Waals surface area (Å²) in [5.41, 5.74) is 0. The van der Waals surface area contributed by atoms with Crippen molar-refractivity contribution in [3.8, 4) is 5.75 Å². The highest BCUT2D eigenvalue weighted by Gasteiger charge is 2.28. The second-order valence-corrected chi connectivity index (χ2v) is 5.46. The fraction of sp³-hybridized carbons (Fsp3) is 0.250. The first kappa shape index (κ1) is 14.3. The topological polar surface area (TPSA) is 69.4 Å². The largest absolute Gasteiger partial charge is 0.483 e.